The molecule has 0 saturated heterocycles. The Balaban J connectivity index is 1.63. The first kappa shape index (κ1) is 20.3. The van der Waals surface area contributed by atoms with Gasteiger partial charge in [0.05, 0.1) is 10.7 Å². The molecule has 3 rings (SSSR count). The smallest absolute Gasteiger partial charge is 0.134 e. The van der Waals surface area contributed by atoms with Crippen LogP contribution >= 0.6 is 11.6 Å². The first-order valence-corrected chi connectivity index (χ1v) is 10.3. The van der Waals surface area contributed by atoms with Gasteiger partial charge >= 0.3 is 0 Å². The second-order valence-corrected chi connectivity index (χ2v) is 8.04. The van der Waals surface area contributed by atoms with Gasteiger partial charge in [0.1, 0.15) is 11.6 Å². The van der Waals surface area contributed by atoms with Gasteiger partial charge in [-0.15, -0.1) is 0 Å². The summed E-state index contributed by atoms with van der Waals surface area (Å²) in [5, 5.41) is 9.91. The van der Waals surface area contributed by atoms with Crippen LogP contribution in [-0.4, -0.2) is 15.1 Å². The molecule has 0 atom stereocenters. The van der Waals surface area contributed by atoms with Crippen molar-refractivity contribution in [1.82, 2.24) is 9.97 Å². The Hall–Kier alpha value is -2.39. The standard InChI is InChI=1S/C24H27ClN2O/c1-17(2)9-10-18-5-3-7-20(15-18)22-13-14-26-24(27-22)8-4-6-19-11-12-23(28)21(25)16-19/h3,5,7,11-17,28H,4,6,8-10H2,1-2H3. The van der Waals surface area contributed by atoms with Gasteiger partial charge in [-0.2, -0.15) is 0 Å². The first-order chi connectivity index (χ1) is 13.5. The quantitative estimate of drug-likeness (QED) is 0.490. The highest BCUT2D eigenvalue weighted by molar-refractivity contribution is 6.32. The lowest BCUT2D eigenvalue weighted by Crippen LogP contribution is -1.98. The highest BCUT2D eigenvalue weighted by Gasteiger charge is 2.06. The summed E-state index contributed by atoms with van der Waals surface area (Å²) < 4.78 is 0. The SMILES string of the molecule is CC(C)CCc1cccc(-c2ccnc(CCCc3ccc(O)c(Cl)c3)n2)c1. The zero-order valence-corrected chi connectivity index (χ0v) is 17.3. The van der Waals surface area contributed by atoms with E-state index < -0.39 is 0 Å². The summed E-state index contributed by atoms with van der Waals surface area (Å²) in [7, 11) is 0. The minimum Gasteiger partial charge on any atom is -0.506 e. The van der Waals surface area contributed by atoms with Crippen molar-refractivity contribution in [2.24, 2.45) is 5.92 Å². The number of phenolic OH excluding ortho intramolecular Hbond substituents is 1. The lowest BCUT2D eigenvalue weighted by atomic mass is 10.00. The van der Waals surface area contributed by atoms with Crippen LogP contribution in [0.1, 0.15) is 43.6 Å². The number of rotatable bonds is 8. The fourth-order valence-corrected chi connectivity index (χ4v) is 3.38. The van der Waals surface area contributed by atoms with E-state index in [1.807, 2.05) is 24.4 Å². The lowest BCUT2D eigenvalue weighted by molar-refractivity contribution is 0.475. The highest BCUT2D eigenvalue weighted by atomic mass is 35.5. The van der Waals surface area contributed by atoms with Crippen molar-refractivity contribution in [3.05, 3.63) is 76.7 Å². The topological polar surface area (TPSA) is 46.0 Å². The number of aromatic hydroxyl groups is 1. The van der Waals surface area contributed by atoms with Crippen LogP contribution in [0.5, 0.6) is 5.75 Å². The minimum absolute atomic E-state index is 0.122. The van der Waals surface area contributed by atoms with Crippen molar-refractivity contribution in [2.75, 3.05) is 0 Å². The van der Waals surface area contributed by atoms with Gasteiger partial charge in [-0.3, -0.25) is 0 Å². The maximum Gasteiger partial charge on any atom is 0.134 e. The zero-order chi connectivity index (χ0) is 19.9. The van der Waals surface area contributed by atoms with Gasteiger partial charge in [0.25, 0.3) is 0 Å². The average molecular weight is 395 g/mol. The fourth-order valence-electron chi connectivity index (χ4n) is 3.18. The Labute approximate surface area is 172 Å². The summed E-state index contributed by atoms with van der Waals surface area (Å²) in [4.78, 5) is 9.20. The van der Waals surface area contributed by atoms with Crippen molar-refractivity contribution in [1.29, 1.82) is 0 Å². The predicted molar refractivity (Wildman–Crippen MR) is 116 cm³/mol. The summed E-state index contributed by atoms with van der Waals surface area (Å²) in [6, 6.07) is 16.0. The first-order valence-electron chi connectivity index (χ1n) is 9.90. The molecule has 146 valence electrons. The van der Waals surface area contributed by atoms with Crippen LogP contribution in [0.4, 0.5) is 0 Å². The van der Waals surface area contributed by atoms with E-state index in [1.165, 1.54) is 12.0 Å². The number of aromatic nitrogens is 2. The Kier molecular flexibility index (Phi) is 7.05. The summed E-state index contributed by atoms with van der Waals surface area (Å²) in [6.07, 6.45) is 6.74. The molecule has 0 unspecified atom stereocenters. The lowest BCUT2D eigenvalue weighted by Gasteiger charge is -2.08. The van der Waals surface area contributed by atoms with Crippen LogP contribution in [0.3, 0.4) is 0 Å². The molecule has 1 aromatic heterocycles. The molecule has 1 N–H and O–H groups in total. The molecule has 1 heterocycles. The fraction of sp³-hybridized carbons (Fsp3) is 0.333. The Morgan fingerprint density at radius 2 is 1.79 bits per heavy atom. The molecular weight excluding hydrogens is 368 g/mol. The van der Waals surface area contributed by atoms with E-state index >= 15 is 0 Å². The van der Waals surface area contributed by atoms with Crippen molar-refractivity contribution < 1.29 is 5.11 Å². The highest BCUT2D eigenvalue weighted by Crippen LogP contribution is 2.24. The molecular formula is C24H27ClN2O. The van der Waals surface area contributed by atoms with Gasteiger partial charge in [0, 0.05) is 18.2 Å². The van der Waals surface area contributed by atoms with E-state index in [2.05, 4.69) is 43.1 Å². The van der Waals surface area contributed by atoms with E-state index in [0.29, 0.717) is 10.9 Å². The van der Waals surface area contributed by atoms with Crippen molar-refractivity contribution in [3.8, 4) is 17.0 Å². The number of halogens is 1. The molecule has 0 aliphatic heterocycles. The monoisotopic (exact) mass is 394 g/mol. The van der Waals surface area contributed by atoms with Crippen molar-refractivity contribution in [2.45, 2.75) is 46.0 Å². The number of hydrogen-bond acceptors (Lipinski definition) is 3. The molecule has 4 heteroatoms. The molecule has 0 aliphatic carbocycles. The zero-order valence-electron chi connectivity index (χ0n) is 16.5. The molecule has 3 aromatic rings. The molecule has 0 spiro atoms. The molecule has 28 heavy (non-hydrogen) atoms. The molecule has 0 amide bonds. The predicted octanol–water partition coefficient (Wildman–Crippen LogP) is 6.27. The van der Waals surface area contributed by atoms with E-state index in [1.54, 1.807) is 6.07 Å². The Bertz CT molecular complexity index is 924. The van der Waals surface area contributed by atoms with Crippen LogP contribution in [0.2, 0.25) is 5.02 Å². The summed E-state index contributed by atoms with van der Waals surface area (Å²) in [6.45, 7) is 4.51. The second-order valence-electron chi connectivity index (χ2n) is 7.63. The normalized spacial score (nSPS) is 11.1. The van der Waals surface area contributed by atoms with Crippen LogP contribution in [0.15, 0.2) is 54.7 Å². The number of phenols is 1. The Morgan fingerprint density at radius 1 is 0.964 bits per heavy atom. The van der Waals surface area contributed by atoms with Crippen molar-refractivity contribution >= 4 is 11.6 Å². The number of aryl methyl sites for hydroxylation is 3. The molecule has 0 radical (unpaired) electrons. The van der Waals surface area contributed by atoms with Crippen LogP contribution < -0.4 is 0 Å². The van der Waals surface area contributed by atoms with Gasteiger partial charge in [0.15, 0.2) is 0 Å². The van der Waals surface area contributed by atoms with Crippen LogP contribution in [0, 0.1) is 5.92 Å². The largest absolute Gasteiger partial charge is 0.506 e. The number of nitrogens with zero attached hydrogens (tertiary/aromatic N) is 2. The van der Waals surface area contributed by atoms with Gasteiger partial charge < -0.3 is 5.11 Å². The summed E-state index contributed by atoms with van der Waals surface area (Å²) in [5.41, 5.74) is 4.59. The third-order valence-electron chi connectivity index (χ3n) is 4.82. The van der Waals surface area contributed by atoms with E-state index in [-0.39, 0.29) is 5.75 Å². The van der Waals surface area contributed by atoms with Crippen molar-refractivity contribution in [3.63, 3.8) is 0 Å². The summed E-state index contributed by atoms with van der Waals surface area (Å²) in [5.74, 6) is 1.69. The second kappa shape index (κ2) is 9.70. The van der Waals surface area contributed by atoms with E-state index in [9.17, 15) is 5.11 Å². The number of hydrogen-bond donors (Lipinski definition) is 1. The van der Waals surface area contributed by atoms with E-state index in [4.69, 9.17) is 16.6 Å². The molecule has 3 nitrogen and oxygen atoms in total. The molecule has 2 aromatic carbocycles. The molecule has 0 bridgehead atoms. The third kappa shape index (κ3) is 5.80. The maximum atomic E-state index is 9.51. The summed E-state index contributed by atoms with van der Waals surface area (Å²) >= 11 is 5.98. The van der Waals surface area contributed by atoms with Crippen LogP contribution in [0.25, 0.3) is 11.3 Å². The van der Waals surface area contributed by atoms with Gasteiger partial charge in [0.2, 0.25) is 0 Å². The molecule has 0 saturated carbocycles. The third-order valence-corrected chi connectivity index (χ3v) is 5.12. The Morgan fingerprint density at radius 3 is 2.57 bits per heavy atom. The van der Waals surface area contributed by atoms with Gasteiger partial charge in [-0.1, -0.05) is 49.7 Å². The average Bonchev–Trinajstić information content (AvgIpc) is 2.69. The van der Waals surface area contributed by atoms with Gasteiger partial charge in [-0.05, 0) is 67.0 Å². The molecule has 0 fully saturated rings. The molecule has 0 aliphatic rings. The maximum absolute atomic E-state index is 9.51. The van der Waals surface area contributed by atoms with E-state index in [0.717, 1.165) is 48.3 Å². The van der Waals surface area contributed by atoms with Gasteiger partial charge in [-0.25, -0.2) is 9.97 Å². The van der Waals surface area contributed by atoms with Crippen LogP contribution in [-0.2, 0) is 19.3 Å². The number of benzene rings is 2. The minimum atomic E-state index is 0.122.